The number of carbonyl (C=O) groups is 2. The lowest BCUT2D eigenvalue weighted by Crippen LogP contribution is -2.36. The molecule has 1 N–H and O–H groups in total. The SMILES string of the molecule is CC(C)CC(=O)N1CCc2nc(NC(=O)C(C)(C)CCl)sc2C1. The summed E-state index contributed by atoms with van der Waals surface area (Å²) in [6.07, 6.45) is 1.31. The number of fused-ring (bicyclic) bond motifs is 1. The molecule has 2 heterocycles. The average Bonchev–Trinajstić information content (AvgIpc) is 2.87. The van der Waals surface area contributed by atoms with Crippen molar-refractivity contribution in [3.63, 3.8) is 0 Å². The van der Waals surface area contributed by atoms with Gasteiger partial charge in [-0.3, -0.25) is 9.59 Å². The molecule has 0 spiro atoms. The predicted molar refractivity (Wildman–Crippen MR) is 93.8 cm³/mol. The zero-order chi connectivity index (χ0) is 17.2. The molecule has 23 heavy (non-hydrogen) atoms. The third-order valence-corrected chi connectivity index (χ3v) is 5.50. The molecule has 1 aliphatic heterocycles. The van der Waals surface area contributed by atoms with Crippen LogP contribution in [0.2, 0.25) is 0 Å². The Hall–Kier alpha value is -1.14. The van der Waals surface area contributed by atoms with Crippen LogP contribution < -0.4 is 5.32 Å². The number of anilines is 1. The van der Waals surface area contributed by atoms with Gasteiger partial charge in [-0.1, -0.05) is 25.2 Å². The normalized spacial score (nSPS) is 14.8. The molecule has 5 nitrogen and oxygen atoms in total. The molecule has 1 aliphatic rings. The first-order valence-corrected chi connectivity index (χ1v) is 9.22. The molecule has 0 saturated carbocycles. The fourth-order valence-electron chi connectivity index (χ4n) is 2.27. The summed E-state index contributed by atoms with van der Waals surface area (Å²) in [5.41, 5.74) is 0.357. The second-order valence-corrected chi connectivity index (χ2v) is 8.37. The van der Waals surface area contributed by atoms with E-state index < -0.39 is 5.41 Å². The second-order valence-electron chi connectivity index (χ2n) is 7.02. The Bertz CT molecular complexity index is 598. The number of hydrogen-bond donors (Lipinski definition) is 1. The Morgan fingerprint density at radius 2 is 2.13 bits per heavy atom. The Balaban J connectivity index is 2.04. The van der Waals surface area contributed by atoms with Crippen molar-refractivity contribution in [2.45, 2.75) is 47.1 Å². The van der Waals surface area contributed by atoms with Gasteiger partial charge in [0.2, 0.25) is 11.8 Å². The van der Waals surface area contributed by atoms with Gasteiger partial charge >= 0.3 is 0 Å². The van der Waals surface area contributed by atoms with Crippen molar-refractivity contribution in [1.29, 1.82) is 0 Å². The van der Waals surface area contributed by atoms with Crippen LogP contribution in [0, 0.1) is 11.3 Å². The van der Waals surface area contributed by atoms with E-state index >= 15 is 0 Å². The van der Waals surface area contributed by atoms with Gasteiger partial charge < -0.3 is 10.2 Å². The van der Waals surface area contributed by atoms with Crippen LogP contribution in [0.25, 0.3) is 0 Å². The number of hydrogen-bond acceptors (Lipinski definition) is 4. The maximum Gasteiger partial charge on any atom is 0.233 e. The van der Waals surface area contributed by atoms with E-state index in [-0.39, 0.29) is 17.7 Å². The van der Waals surface area contributed by atoms with Gasteiger partial charge in [-0.05, 0) is 19.8 Å². The maximum atomic E-state index is 12.2. The van der Waals surface area contributed by atoms with Gasteiger partial charge in [0.05, 0.1) is 17.7 Å². The topological polar surface area (TPSA) is 62.3 Å². The van der Waals surface area contributed by atoms with E-state index in [0.717, 1.165) is 17.0 Å². The number of nitrogens with one attached hydrogen (secondary N) is 1. The van der Waals surface area contributed by atoms with Gasteiger partial charge in [-0.2, -0.15) is 0 Å². The highest BCUT2D eigenvalue weighted by Crippen LogP contribution is 2.30. The molecular formula is C16H24ClN3O2S. The molecule has 0 atom stereocenters. The summed E-state index contributed by atoms with van der Waals surface area (Å²) < 4.78 is 0. The van der Waals surface area contributed by atoms with Crippen molar-refractivity contribution >= 4 is 39.9 Å². The van der Waals surface area contributed by atoms with Crippen molar-refractivity contribution in [3.05, 3.63) is 10.6 Å². The highest BCUT2D eigenvalue weighted by atomic mass is 35.5. The number of rotatable bonds is 5. The van der Waals surface area contributed by atoms with Crippen LogP contribution in [0.5, 0.6) is 0 Å². The van der Waals surface area contributed by atoms with Crippen LogP contribution in [0.1, 0.15) is 44.7 Å². The molecule has 2 rings (SSSR count). The molecule has 0 aromatic carbocycles. The smallest absolute Gasteiger partial charge is 0.233 e. The van der Waals surface area contributed by atoms with Crippen LogP contribution in [0.15, 0.2) is 0 Å². The van der Waals surface area contributed by atoms with Crippen LogP contribution in [0.3, 0.4) is 0 Å². The Morgan fingerprint density at radius 3 is 2.74 bits per heavy atom. The first kappa shape index (κ1) is 18.2. The van der Waals surface area contributed by atoms with Crippen molar-refractivity contribution < 1.29 is 9.59 Å². The monoisotopic (exact) mass is 357 g/mol. The Labute approximate surface area is 146 Å². The van der Waals surface area contributed by atoms with Gasteiger partial charge in [0.25, 0.3) is 0 Å². The van der Waals surface area contributed by atoms with Crippen LogP contribution in [-0.4, -0.2) is 34.1 Å². The number of alkyl halides is 1. The summed E-state index contributed by atoms with van der Waals surface area (Å²) in [7, 11) is 0. The summed E-state index contributed by atoms with van der Waals surface area (Å²) in [5.74, 6) is 0.666. The van der Waals surface area contributed by atoms with E-state index in [4.69, 9.17) is 11.6 Å². The standard InChI is InChI=1S/C16H24ClN3O2S/c1-10(2)7-13(21)20-6-5-11-12(8-20)23-15(18-11)19-14(22)16(3,4)9-17/h10H,5-9H2,1-4H3,(H,18,19,22). The fraction of sp³-hybridized carbons (Fsp3) is 0.688. The van der Waals surface area contributed by atoms with Gasteiger partial charge in [-0.15, -0.1) is 11.6 Å². The lowest BCUT2D eigenvalue weighted by atomic mass is 9.95. The Morgan fingerprint density at radius 1 is 1.43 bits per heavy atom. The molecular weight excluding hydrogens is 334 g/mol. The molecule has 128 valence electrons. The number of thiazole rings is 1. The van der Waals surface area contributed by atoms with Gasteiger partial charge in [0, 0.05) is 30.1 Å². The summed E-state index contributed by atoms with van der Waals surface area (Å²) >= 11 is 7.28. The first-order chi connectivity index (χ1) is 10.7. The lowest BCUT2D eigenvalue weighted by molar-refractivity contribution is -0.132. The summed E-state index contributed by atoms with van der Waals surface area (Å²) in [6, 6.07) is 0. The zero-order valence-corrected chi connectivity index (χ0v) is 15.7. The van der Waals surface area contributed by atoms with Crippen LogP contribution in [-0.2, 0) is 22.6 Å². The molecule has 0 aliphatic carbocycles. The quantitative estimate of drug-likeness (QED) is 0.822. The van der Waals surface area contributed by atoms with E-state index in [1.807, 2.05) is 18.7 Å². The van der Waals surface area contributed by atoms with E-state index in [1.165, 1.54) is 11.3 Å². The van der Waals surface area contributed by atoms with Crippen molar-refractivity contribution in [1.82, 2.24) is 9.88 Å². The number of halogens is 1. The molecule has 1 aromatic heterocycles. The van der Waals surface area contributed by atoms with Crippen LogP contribution in [0.4, 0.5) is 5.13 Å². The third kappa shape index (κ3) is 4.44. The summed E-state index contributed by atoms with van der Waals surface area (Å²) in [4.78, 5) is 31.8. The predicted octanol–water partition coefficient (Wildman–Crippen LogP) is 3.28. The third-order valence-electron chi connectivity index (χ3n) is 3.84. The van der Waals surface area contributed by atoms with Gasteiger partial charge in [0.15, 0.2) is 5.13 Å². The molecule has 2 amide bonds. The van der Waals surface area contributed by atoms with Crippen molar-refractivity contribution in [2.24, 2.45) is 11.3 Å². The van der Waals surface area contributed by atoms with Crippen molar-refractivity contribution in [2.75, 3.05) is 17.7 Å². The second kappa shape index (κ2) is 7.18. The minimum absolute atomic E-state index is 0.133. The highest BCUT2D eigenvalue weighted by molar-refractivity contribution is 7.15. The van der Waals surface area contributed by atoms with Gasteiger partial charge in [-0.25, -0.2) is 4.98 Å². The molecule has 1 aromatic rings. The molecule has 0 fully saturated rings. The minimum atomic E-state index is -0.632. The molecule has 0 bridgehead atoms. The maximum absolute atomic E-state index is 12.2. The molecule has 7 heteroatoms. The van der Waals surface area contributed by atoms with E-state index in [9.17, 15) is 9.59 Å². The molecule has 0 unspecified atom stereocenters. The van der Waals surface area contributed by atoms with E-state index in [0.29, 0.717) is 30.6 Å². The largest absolute Gasteiger partial charge is 0.337 e. The Kier molecular flexibility index (Phi) is 5.68. The molecule has 0 radical (unpaired) electrons. The first-order valence-electron chi connectivity index (χ1n) is 7.86. The minimum Gasteiger partial charge on any atom is -0.337 e. The number of carbonyl (C=O) groups excluding carboxylic acids is 2. The zero-order valence-electron chi connectivity index (χ0n) is 14.1. The van der Waals surface area contributed by atoms with E-state index in [1.54, 1.807) is 13.8 Å². The lowest BCUT2D eigenvalue weighted by Gasteiger charge is -2.26. The average molecular weight is 358 g/mol. The number of aromatic nitrogens is 1. The van der Waals surface area contributed by atoms with E-state index in [2.05, 4.69) is 10.3 Å². The number of amides is 2. The number of nitrogens with zero attached hydrogens (tertiary/aromatic N) is 2. The fourth-order valence-corrected chi connectivity index (χ4v) is 3.41. The summed E-state index contributed by atoms with van der Waals surface area (Å²) in [5, 5.41) is 3.44. The van der Waals surface area contributed by atoms with Crippen molar-refractivity contribution in [3.8, 4) is 0 Å². The molecule has 0 saturated heterocycles. The van der Waals surface area contributed by atoms with Crippen LogP contribution >= 0.6 is 22.9 Å². The van der Waals surface area contributed by atoms with Gasteiger partial charge in [0.1, 0.15) is 0 Å². The summed E-state index contributed by atoms with van der Waals surface area (Å²) in [6.45, 7) is 8.99. The highest BCUT2D eigenvalue weighted by Gasteiger charge is 2.29.